The second kappa shape index (κ2) is 7.69. The van der Waals surface area contributed by atoms with Gasteiger partial charge in [-0.25, -0.2) is 4.98 Å². The van der Waals surface area contributed by atoms with Gasteiger partial charge in [-0.15, -0.1) is 0 Å². The van der Waals surface area contributed by atoms with Crippen LogP contribution in [0.3, 0.4) is 0 Å². The second-order valence-electron chi connectivity index (χ2n) is 5.41. The Labute approximate surface area is 150 Å². The molecule has 3 rings (SSSR count). The summed E-state index contributed by atoms with van der Waals surface area (Å²) in [6.45, 7) is 2.30. The van der Waals surface area contributed by atoms with E-state index in [9.17, 15) is 4.79 Å². The van der Waals surface area contributed by atoms with Crippen LogP contribution < -0.4 is 5.32 Å². The fourth-order valence-electron chi connectivity index (χ4n) is 2.32. The number of rotatable bonds is 5. The first kappa shape index (κ1) is 16.8. The maximum atomic E-state index is 12.3. The Kier molecular flexibility index (Phi) is 5.38. The normalized spacial score (nSPS) is 12.1. The summed E-state index contributed by atoms with van der Waals surface area (Å²) in [5, 5.41) is 5.29. The zero-order valence-electron chi connectivity index (χ0n) is 13.2. The van der Waals surface area contributed by atoms with Crippen LogP contribution in [0.1, 0.15) is 12.5 Å². The first-order valence-electron chi connectivity index (χ1n) is 7.67. The number of halogens is 1. The molecule has 1 aromatic heterocycles. The lowest BCUT2D eigenvalue weighted by atomic mass is 10.2. The summed E-state index contributed by atoms with van der Waals surface area (Å²) in [6, 6.07) is 19.4. The second-order valence-corrected chi connectivity index (χ2v) is 7.18. The molecule has 3 aromatic rings. The number of para-hydroxylation sites is 1. The number of amides is 1. The van der Waals surface area contributed by atoms with Crippen molar-refractivity contribution in [3.8, 4) is 0 Å². The van der Waals surface area contributed by atoms with E-state index in [1.54, 1.807) is 0 Å². The van der Waals surface area contributed by atoms with Gasteiger partial charge in [0.2, 0.25) is 5.91 Å². The summed E-state index contributed by atoms with van der Waals surface area (Å²) in [7, 11) is 0. The van der Waals surface area contributed by atoms with Gasteiger partial charge in [-0.05, 0) is 30.7 Å². The molecule has 0 aliphatic rings. The van der Waals surface area contributed by atoms with Gasteiger partial charge >= 0.3 is 0 Å². The molecule has 3 nitrogen and oxygen atoms in total. The summed E-state index contributed by atoms with van der Waals surface area (Å²) >= 11 is 7.56. The lowest BCUT2D eigenvalue weighted by Gasteiger charge is -2.12. The number of nitrogens with zero attached hydrogens (tertiary/aromatic N) is 1. The first-order valence-corrected chi connectivity index (χ1v) is 8.93. The van der Waals surface area contributed by atoms with Crippen molar-refractivity contribution in [3.05, 3.63) is 71.2 Å². The van der Waals surface area contributed by atoms with Crippen LogP contribution in [0.5, 0.6) is 0 Å². The maximum Gasteiger partial charge on any atom is 0.233 e. The monoisotopic (exact) mass is 356 g/mol. The maximum absolute atomic E-state index is 12.3. The molecule has 0 aliphatic carbocycles. The molecule has 0 unspecified atom stereocenters. The van der Waals surface area contributed by atoms with Crippen molar-refractivity contribution in [1.29, 1.82) is 0 Å². The van der Waals surface area contributed by atoms with E-state index in [4.69, 9.17) is 11.6 Å². The highest BCUT2D eigenvalue weighted by Crippen LogP contribution is 2.24. The SMILES string of the molecule is C[C@H](Sc1ccc2ccccc2n1)C(=O)NCc1ccccc1Cl. The average molecular weight is 357 g/mol. The molecule has 5 heteroatoms. The molecule has 0 saturated heterocycles. The first-order chi connectivity index (χ1) is 11.6. The Bertz CT molecular complexity index is 869. The van der Waals surface area contributed by atoms with Gasteiger partial charge in [-0.2, -0.15) is 0 Å². The van der Waals surface area contributed by atoms with Crippen LogP contribution in [-0.4, -0.2) is 16.1 Å². The van der Waals surface area contributed by atoms with Crippen LogP contribution in [0.2, 0.25) is 5.02 Å². The number of carbonyl (C=O) groups is 1. The quantitative estimate of drug-likeness (QED) is 0.674. The molecule has 1 heterocycles. The van der Waals surface area contributed by atoms with Gasteiger partial charge in [0, 0.05) is 17.0 Å². The predicted octanol–water partition coefficient (Wildman–Crippen LogP) is 4.69. The number of hydrogen-bond acceptors (Lipinski definition) is 3. The fraction of sp³-hybridized carbons (Fsp3) is 0.158. The Morgan fingerprint density at radius 2 is 1.88 bits per heavy atom. The summed E-state index contributed by atoms with van der Waals surface area (Å²) in [5.74, 6) is -0.0325. The number of aromatic nitrogens is 1. The van der Waals surface area contributed by atoms with Gasteiger partial charge in [0.25, 0.3) is 0 Å². The van der Waals surface area contributed by atoms with E-state index in [-0.39, 0.29) is 11.2 Å². The average Bonchev–Trinajstić information content (AvgIpc) is 2.60. The van der Waals surface area contributed by atoms with E-state index in [0.29, 0.717) is 11.6 Å². The van der Waals surface area contributed by atoms with Crippen LogP contribution in [0, 0.1) is 0 Å². The number of carbonyl (C=O) groups excluding carboxylic acids is 1. The Morgan fingerprint density at radius 1 is 1.12 bits per heavy atom. The van der Waals surface area contributed by atoms with Crippen molar-refractivity contribution in [1.82, 2.24) is 10.3 Å². The molecular weight excluding hydrogens is 340 g/mol. The standard InChI is InChI=1S/C19H17ClN2OS/c1-13(19(23)21-12-15-7-2-4-8-16(15)20)24-18-11-10-14-6-3-5-9-17(14)22-18/h2-11,13H,12H2,1H3,(H,21,23)/t13-/m0/s1. The molecule has 0 spiro atoms. The van der Waals surface area contributed by atoms with Crippen molar-refractivity contribution < 1.29 is 4.79 Å². The van der Waals surface area contributed by atoms with Gasteiger partial charge in [-0.1, -0.05) is 65.8 Å². The highest BCUT2D eigenvalue weighted by atomic mass is 35.5. The molecule has 0 saturated carbocycles. The summed E-state index contributed by atoms with van der Waals surface area (Å²) in [5.41, 5.74) is 1.85. The van der Waals surface area contributed by atoms with Crippen LogP contribution in [-0.2, 0) is 11.3 Å². The number of thioether (sulfide) groups is 1. The highest BCUT2D eigenvalue weighted by Gasteiger charge is 2.15. The highest BCUT2D eigenvalue weighted by molar-refractivity contribution is 8.00. The third-order valence-corrected chi connectivity index (χ3v) is 5.06. The number of nitrogens with one attached hydrogen (secondary N) is 1. The smallest absolute Gasteiger partial charge is 0.233 e. The molecule has 122 valence electrons. The minimum absolute atomic E-state index is 0.0325. The van der Waals surface area contributed by atoms with Crippen LogP contribution in [0.4, 0.5) is 0 Å². The Hall–Kier alpha value is -2.04. The minimum atomic E-state index is -0.235. The van der Waals surface area contributed by atoms with E-state index in [0.717, 1.165) is 21.5 Å². The fourth-order valence-corrected chi connectivity index (χ4v) is 3.37. The zero-order valence-corrected chi connectivity index (χ0v) is 14.8. The van der Waals surface area contributed by atoms with Crippen molar-refractivity contribution in [2.45, 2.75) is 23.7 Å². The van der Waals surface area contributed by atoms with E-state index >= 15 is 0 Å². The summed E-state index contributed by atoms with van der Waals surface area (Å²) < 4.78 is 0. The molecule has 0 bridgehead atoms. The minimum Gasteiger partial charge on any atom is -0.351 e. The number of pyridine rings is 1. The van der Waals surface area contributed by atoms with Crippen molar-refractivity contribution >= 4 is 40.2 Å². The van der Waals surface area contributed by atoms with E-state index < -0.39 is 0 Å². The third-order valence-electron chi connectivity index (χ3n) is 3.65. The van der Waals surface area contributed by atoms with E-state index in [1.165, 1.54) is 11.8 Å². The van der Waals surface area contributed by atoms with Gasteiger partial charge in [0.15, 0.2) is 0 Å². The van der Waals surface area contributed by atoms with Crippen LogP contribution in [0.25, 0.3) is 10.9 Å². The lowest BCUT2D eigenvalue weighted by molar-refractivity contribution is -0.120. The summed E-state index contributed by atoms with van der Waals surface area (Å²) in [6.07, 6.45) is 0. The van der Waals surface area contributed by atoms with Gasteiger partial charge in [0.05, 0.1) is 15.8 Å². The number of hydrogen-bond donors (Lipinski definition) is 1. The van der Waals surface area contributed by atoms with Gasteiger partial charge < -0.3 is 5.32 Å². The van der Waals surface area contributed by atoms with Crippen LogP contribution >= 0.6 is 23.4 Å². The van der Waals surface area contributed by atoms with Crippen molar-refractivity contribution in [2.75, 3.05) is 0 Å². The van der Waals surface area contributed by atoms with Crippen LogP contribution in [0.15, 0.2) is 65.7 Å². The molecule has 0 fully saturated rings. The molecule has 1 amide bonds. The van der Waals surface area contributed by atoms with Gasteiger partial charge in [0.1, 0.15) is 0 Å². The molecule has 24 heavy (non-hydrogen) atoms. The van der Waals surface area contributed by atoms with Crippen molar-refractivity contribution in [3.63, 3.8) is 0 Å². The molecule has 1 atom stereocenters. The Morgan fingerprint density at radius 3 is 2.71 bits per heavy atom. The molecular formula is C19H17ClN2OS. The van der Waals surface area contributed by atoms with E-state index in [1.807, 2.05) is 67.6 Å². The zero-order chi connectivity index (χ0) is 16.9. The number of fused-ring (bicyclic) bond motifs is 1. The largest absolute Gasteiger partial charge is 0.351 e. The molecule has 0 radical (unpaired) electrons. The summed E-state index contributed by atoms with van der Waals surface area (Å²) in [4.78, 5) is 16.9. The molecule has 2 aromatic carbocycles. The third kappa shape index (κ3) is 4.08. The Balaban J connectivity index is 1.61. The number of benzene rings is 2. The topological polar surface area (TPSA) is 42.0 Å². The van der Waals surface area contributed by atoms with Crippen molar-refractivity contribution in [2.24, 2.45) is 0 Å². The predicted molar refractivity (Wildman–Crippen MR) is 100 cm³/mol. The van der Waals surface area contributed by atoms with E-state index in [2.05, 4.69) is 10.3 Å². The van der Waals surface area contributed by atoms with Gasteiger partial charge in [-0.3, -0.25) is 4.79 Å². The molecule has 1 N–H and O–H groups in total. The molecule has 0 aliphatic heterocycles. The lowest BCUT2D eigenvalue weighted by Crippen LogP contribution is -2.30.